The van der Waals surface area contributed by atoms with E-state index < -0.39 is 18.1 Å². The highest BCUT2D eigenvalue weighted by Gasteiger charge is 2.42. The van der Waals surface area contributed by atoms with Crippen molar-refractivity contribution in [2.24, 2.45) is 0 Å². The number of aryl methyl sites for hydroxylation is 1. The Kier molecular flexibility index (Phi) is 6.43. The molecule has 29 heavy (non-hydrogen) atoms. The number of ether oxygens (including phenoxy) is 1. The smallest absolute Gasteiger partial charge is 0.414 e. The van der Waals surface area contributed by atoms with Crippen molar-refractivity contribution in [3.05, 3.63) is 72.2 Å². The molecule has 3 rings (SSSR count). The number of rotatable bonds is 8. The van der Waals surface area contributed by atoms with Gasteiger partial charge in [0.05, 0.1) is 5.69 Å². The van der Waals surface area contributed by atoms with E-state index in [4.69, 9.17) is 9.15 Å². The zero-order chi connectivity index (χ0) is 20.7. The first-order valence-corrected chi connectivity index (χ1v) is 8.68. The van der Waals surface area contributed by atoms with Crippen LogP contribution in [0.4, 0.5) is 13.2 Å². The number of pyridine rings is 1. The quantitative estimate of drug-likeness (QED) is 0.617. The van der Waals surface area contributed by atoms with Crippen molar-refractivity contribution in [1.29, 1.82) is 0 Å². The van der Waals surface area contributed by atoms with E-state index >= 15 is 0 Å². The molecule has 1 aromatic carbocycles. The Balaban J connectivity index is 1.51. The average molecular weight is 406 g/mol. The Labute approximate surface area is 163 Å². The van der Waals surface area contributed by atoms with Crippen LogP contribution < -0.4 is 10.1 Å². The van der Waals surface area contributed by atoms with Crippen LogP contribution in [0.5, 0.6) is 5.75 Å². The molecule has 152 valence electrons. The second kappa shape index (κ2) is 9.18. The summed E-state index contributed by atoms with van der Waals surface area (Å²) in [6, 6.07) is 10.9. The van der Waals surface area contributed by atoms with Gasteiger partial charge in [0, 0.05) is 19.0 Å². The fourth-order valence-electron chi connectivity index (χ4n) is 2.43. The van der Waals surface area contributed by atoms with Crippen molar-refractivity contribution < 1.29 is 27.1 Å². The third-order valence-corrected chi connectivity index (χ3v) is 3.80. The van der Waals surface area contributed by atoms with E-state index in [1.54, 1.807) is 12.1 Å². The number of benzene rings is 1. The van der Waals surface area contributed by atoms with E-state index in [0.717, 1.165) is 0 Å². The predicted octanol–water partition coefficient (Wildman–Crippen LogP) is 3.40. The van der Waals surface area contributed by atoms with E-state index in [0.29, 0.717) is 5.75 Å². The fraction of sp³-hybridized carbons (Fsp3) is 0.263. The summed E-state index contributed by atoms with van der Waals surface area (Å²) in [5.41, 5.74) is -0.286. The Morgan fingerprint density at radius 2 is 1.79 bits per heavy atom. The summed E-state index contributed by atoms with van der Waals surface area (Å²) in [7, 11) is 0. The van der Waals surface area contributed by atoms with Gasteiger partial charge in [0.15, 0.2) is 12.6 Å². The molecule has 0 bridgehead atoms. The number of nitrogens with one attached hydrogen (secondary N) is 1. The van der Waals surface area contributed by atoms with Crippen LogP contribution in [-0.4, -0.2) is 27.3 Å². The van der Waals surface area contributed by atoms with Crippen molar-refractivity contribution >= 4 is 5.91 Å². The van der Waals surface area contributed by atoms with Crippen molar-refractivity contribution in [2.45, 2.75) is 31.7 Å². The highest BCUT2D eigenvalue weighted by atomic mass is 19.4. The van der Waals surface area contributed by atoms with E-state index in [2.05, 4.69) is 15.2 Å². The lowest BCUT2D eigenvalue weighted by Crippen LogP contribution is -2.38. The van der Waals surface area contributed by atoms with Gasteiger partial charge in [-0.3, -0.25) is 9.78 Å². The fourth-order valence-corrected chi connectivity index (χ4v) is 2.43. The van der Waals surface area contributed by atoms with Crippen molar-refractivity contribution in [1.82, 2.24) is 20.5 Å². The lowest BCUT2D eigenvalue weighted by atomic mass is 10.1. The monoisotopic (exact) mass is 406 g/mol. The molecule has 0 aliphatic rings. The van der Waals surface area contributed by atoms with Crippen molar-refractivity contribution in [3.8, 4) is 5.75 Å². The first kappa shape index (κ1) is 20.3. The molecule has 0 unspecified atom stereocenters. The Morgan fingerprint density at radius 3 is 2.48 bits per heavy atom. The first-order chi connectivity index (χ1) is 13.9. The van der Waals surface area contributed by atoms with Crippen LogP contribution in [0.1, 0.15) is 29.9 Å². The normalized spacial score (nSPS) is 12.4. The second-order valence-electron chi connectivity index (χ2n) is 5.99. The van der Waals surface area contributed by atoms with Gasteiger partial charge in [-0.1, -0.05) is 24.3 Å². The van der Waals surface area contributed by atoms with Crippen LogP contribution in [0.3, 0.4) is 0 Å². The number of nitrogens with zero attached hydrogens (tertiary/aromatic N) is 3. The molecule has 0 saturated carbocycles. The standard InChI is InChI=1S/C19H17F3N4O3/c20-19(21,22)18(14-8-4-5-11-23-14)24-15(27)9-10-16-25-26-17(29-16)12-28-13-6-2-1-3-7-13/h1-8,11,18H,9-10,12H2,(H,24,27)/t18-/m1/s1. The number of hydrogen-bond acceptors (Lipinski definition) is 6. The lowest BCUT2D eigenvalue weighted by molar-refractivity contribution is -0.164. The zero-order valence-corrected chi connectivity index (χ0v) is 15.1. The molecular weight excluding hydrogens is 389 g/mol. The number of amides is 1. The maximum absolute atomic E-state index is 13.2. The molecule has 0 spiro atoms. The maximum atomic E-state index is 13.2. The van der Waals surface area contributed by atoms with E-state index in [1.165, 1.54) is 24.4 Å². The SMILES string of the molecule is O=C(CCc1nnc(COc2ccccc2)o1)N[C@H](c1ccccn1)C(F)(F)F. The number of carbonyl (C=O) groups is 1. The molecule has 1 atom stereocenters. The summed E-state index contributed by atoms with van der Waals surface area (Å²) in [4.78, 5) is 15.7. The number of carbonyl (C=O) groups excluding carboxylic acids is 1. The molecule has 3 aromatic rings. The van der Waals surface area contributed by atoms with Gasteiger partial charge >= 0.3 is 6.18 Å². The van der Waals surface area contributed by atoms with E-state index in [9.17, 15) is 18.0 Å². The van der Waals surface area contributed by atoms with Crippen molar-refractivity contribution in [3.63, 3.8) is 0 Å². The number of para-hydroxylation sites is 1. The summed E-state index contributed by atoms with van der Waals surface area (Å²) in [5.74, 6) is 0.150. The largest absolute Gasteiger partial charge is 0.484 e. The molecule has 2 heterocycles. The van der Waals surface area contributed by atoms with E-state index in [-0.39, 0.29) is 36.9 Å². The molecule has 2 aromatic heterocycles. The van der Waals surface area contributed by atoms with Crippen LogP contribution in [0, 0.1) is 0 Å². The highest BCUT2D eigenvalue weighted by Crippen LogP contribution is 2.31. The van der Waals surface area contributed by atoms with Gasteiger partial charge in [0.25, 0.3) is 5.89 Å². The number of halogens is 3. The summed E-state index contributed by atoms with van der Waals surface area (Å²) in [6.45, 7) is 0.0407. The van der Waals surface area contributed by atoms with Crippen molar-refractivity contribution in [2.75, 3.05) is 0 Å². The van der Waals surface area contributed by atoms with Gasteiger partial charge < -0.3 is 14.5 Å². The van der Waals surface area contributed by atoms with E-state index in [1.807, 2.05) is 23.5 Å². The molecule has 1 amide bonds. The van der Waals surface area contributed by atoms with Crippen LogP contribution in [0.25, 0.3) is 0 Å². The minimum absolute atomic E-state index is 0.00301. The molecule has 0 fully saturated rings. The molecule has 0 radical (unpaired) electrons. The summed E-state index contributed by atoms with van der Waals surface area (Å²) in [5, 5.41) is 9.52. The Morgan fingerprint density at radius 1 is 1.07 bits per heavy atom. The Hall–Kier alpha value is -3.43. The third-order valence-electron chi connectivity index (χ3n) is 3.80. The average Bonchev–Trinajstić information content (AvgIpc) is 3.17. The summed E-state index contributed by atoms with van der Waals surface area (Å²) in [6.07, 6.45) is -3.69. The molecule has 10 heteroatoms. The topological polar surface area (TPSA) is 90.1 Å². The zero-order valence-electron chi connectivity index (χ0n) is 15.1. The summed E-state index contributed by atoms with van der Waals surface area (Å²) < 4.78 is 50.6. The first-order valence-electron chi connectivity index (χ1n) is 8.68. The second-order valence-corrected chi connectivity index (χ2v) is 5.99. The molecular formula is C19H17F3N4O3. The van der Waals surface area contributed by atoms with Crippen LogP contribution >= 0.6 is 0 Å². The number of alkyl halides is 3. The molecule has 0 aliphatic carbocycles. The van der Waals surface area contributed by atoms with Gasteiger partial charge in [0.1, 0.15) is 5.75 Å². The lowest BCUT2D eigenvalue weighted by Gasteiger charge is -2.20. The number of hydrogen-bond donors (Lipinski definition) is 1. The molecule has 1 N–H and O–H groups in total. The van der Waals surface area contributed by atoms with Gasteiger partial charge in [-0.15, -0.1) is 10.2 Å². The molecule has 0 saturated heterocycles. The predicted molar refractivity (Wildman–Crippen MR) is 94.6 cm³/mol. The molecule has 0 aliphatic heterocycles. The summed E-state index contributed by atoms with van der Waals surface area (Å²) >= 11 is 0. The third kappa shape index (κ3) is 6.03. The number of aromatic nitrogens is 3. The minimum atomic E-state index is -4.67. The highest BCUT2D eigenvalue weighted by molar-refractivity contribution is 5.76. The van der Waals surface area contributed by atoms with Crippen LogP contribution in [-0.2, 0) is 17.8 Å². The van der Waals surface area contributed by atoms with Gasteiger partial charge in [-0.25, -0.2) is 0 Å². The minimum Gasteiger partial charge on any atom is -0.484 e. The van der Waals surface area contributed by atoms with Crippen LogP contribution in [0.2, 0.25) is 0 Å². The van der Waals surface area contributed by atoms with Gasteiger partial charge in [0.2, 0.25) is 11.8 Å². The van der Waals surface area contributed by atoms with Gasteiger partial charge in [-0.05, 0) is 24.3 Å². The molecule has 7 nitrogen and oxygen atoms in total. The Bertz CT molecular complexity index is 917. The maximum Gasteiger partial charge on any atom is 0.414 e. The van der Waals surface area contributed by atoms with Gasteiger partial charge in [-0.2, -0.15) is 13.2 Å². The van der Waals surface area contributed by atoms with Crippen LogP contribution in [0.15, 0.2) is 59.1 Å².